The number of hydrogen-bond acceptors (Lipinski definition) is 5. The van der Waals surface area contributed by atoms with Crippen molar-refractivity contribution in [1.29, 1.82) is 0 Å². The van der Waals surface area contributed by atoms with E-state index < -0.39 is 0 Å². The standard InChI is InChI=1S/C40H26N4OSe/c1-25-23-24-30-28-14-7-16-31(38(28)45-40(30)41-25)33-18-9-21-36(42-33)44(26-11-3-2-4-12-26)37-22-10-19-34(43-37)32-17-8-15-29-27-13-5-6-20-35(27)46-39(29)32/h2-24H,1H3. The van der Waals surface area contributed by atoms with Crippen LogP contribution in [0.15, 0.2) is 144 Å². The number of benzene rings is 4. The van der Waals surface area contributed by atoms with Crippen molar-refractivity contribution in [2.45, 2.75) is 6.92 Å². The van der Waals surface area contributed by atoms with Crippen molar-refractivity contribution in [2.24, 2.45) is 0 Å². The summed E-state index contributed by atoms with van der Waals surface area (Å²) in [5.41, 5.74) is 7.21. The quantitative estimate of drug-likeness (QED) is 0.173. The van der Waals surface area contributed by atoms with Crippen LogP contribution in [0.4, 0.5) is 17.3 Å². The Balaban J connectivity index is 1.20. The van der Waals surface area contributed by atoms with Gasteiger partial charge in [0.05, 0.1) is 0 Å². The van der Waals surface area contributed by atoms with E-state index in [1.54, 1.807) is 0 Å². The van der Waals surface area contributed by atoms with Gasteiger partial charge in [0.2, 0.25) is 5.71 Å². The molecular weight excluding hydrogens is 631 g/mol. The first kappa shape index (κ1) is 26.8. The summed E-state index contributed by atoms with van der Waals surface area (Å²) in [6.07, 6.45) is 0. The molecule has 0 N–H and O–H groups in total. The van der Waals surface area contributed by atoms with Crippen molar-refractivity contribution < 1.29 is 4.42 Å². The van der Waals surface area contributed by atoms with E-state index in [9.17, 15) is 0 Å². The zero-order valence-electron chi connectivity index (χ0n) is 24.9. The summed E-state index contributed by atoms with van der Waals surface area (Å²) in [5.74, 6) is 1.57. The molecule has 0 amide bonds. The molecule has 5 heterocycles. The predicted molar refractivity (Wildman–Crippen MR) is 189 cm³/mol. The van der Waals surface area contributed by atoms with Crippen molar-refractivity contribution in [2.75, 3.05) is 4.90 Å². The SMILES string of the molecule is Cc1ccc2c(n1)oc1c(-c3cccc(N(c4ccccc4)c4cccc(-c5cccc6c5[se]c5ccccc56)n4)n3)cccc12. The van der Waals surface area contributed by atoms with Gasteiger partial charge in [0.15, 0.2) is 0 Å². The van der Waals surface area contributed by atoms with Gasteiger partial charge >= 0.3 is 225 Å². The van der Waals surface area contributed by atoms with Crippen molar-refractivity contribution >= 4 is 73.2 Å². The number of hydrogen-bond donors (Lipinski definition) is 0. The van der Waals surface area contributed by atoms with Crippen molar-refractivity contribution in [1.82, 2.24) is 15.0 Å². The number of furan rings is 1. The molecule has 5 nitrogen and oxygen atoms in total. The van der Waals surface area contributed by atoms with Crippen molar-refractivity contribution in [3.63, 3.8) is 0 Å². The topological polar surface area (TPSA) is 55.1 Å². The number of anilines is 3. The molecule has 9 rings (SSSR count). The summed E-state index contributed by atoms with van der Waals surface area (Å²) in [4.78, 5) is 17.3. The van der Waals surface area contributed by atoms with Crippen LogP contribution in [0.25, 0.3) is 63.9 Å². The summed E-state index contributed by atoms with van der Waals surface area (Å²) in [5, 5.41) is 4.69. The van der Waals surface area contributed by atoms with Crippen LogP contribution < -0.4 is 4.90 Å². The molecule has 0 aliphatic carbocycles. The number of aryl methyl sites for hydroxylation is 1. The smallest absolute Gasteiger partial charge is 0.0504 e. The molecule has 0 aliphatic heterocycles. The maximum atomic E-state index is 6.34. The number of nitrogens with zero attached hydrogens (tertiary/aromatic N) is 4. The van der Waals surface area contributed by atoms with Crippen LogP contribution >= 0.6 is 0 Å². The fraction of sp³-hybridized carbons (Fsp3) is 0.0250. The maximum absolute atomic E-state index is 6.34. The molecule has 0 saturated carbocycles. The van der Waals surface area contributed by atoms with E-state index in [1.807, 2.05) is 49.4 Å². The molecule has 5 aromatic heterocycles. The van der Waals surface area contributed by atoms with Gasteiger partial charge in [0.1, 0.15) is 0 Å². The molecule has 0 fully saturated rings. The van der Waals surface area contributed by atoms with Crippen LogP contribution in [0.2, 0.25) is 0 Å². The first-order chi connectivity index (χ1) is 22.7. The van der Waals surface area contributed by atoms with Crippen molar-refractivity contribution in [3.8, 4) is 22.5 Å². The first-order valence-corrected chi connectivity index (χ1v) is 16.9. The van der Waals surface area contributed by atoms with Gasteiger partial charge in [-0.15, -0.1) is 0 Å². The summed E-state index contributed by atoms with van der Waals surface area (Å²) < 4.78 is 9.14. The first-order valence-electron chi connectivity index (χ1n) is 15.2. The van der Waals surface area contributed by atoms with Gasteiger partial charge in [-0.3, -0.25) is 0 Å². The molecule has 0 bridgehead atoms. The minimum Gasteiger partial charge on any atom is -0.0504 e. The second-order valence-electron chi connectivity index (χ2n) is 11.3. The summed E-state index contributed by atoms with van der Waals surface area (Å²) in [6.45, 7) is 1.98. The molecule has 0 saturated heterocycles. The molecule has 0 radical (unpaired) electrons. The van der Waals surface area contributed by atoms with E-state index in [4.69, 9.17) is 14.4 Å². The van der Waals surface area contributed by atoms with Gasteiger partial charge in [0, 0.05) is 11.1 Å². The van der Waals surface area contributed by atoms with Gasteiger partial charge in [-0.05, 0) is 19.1 Å². The van der Waals surface area contributed by atoms with Gasteiger partial charge in [-0.1, -0.05) is 6.07 Å². The Hall–Kier alpha value is -5.55. The Bertz CT molecular complexity index is 2570. The van der Waals surface area contributed by atoms with Crippen molar-refractivity contribution in [3.05, 3.63) is 145 Å². The summed E-state index contributed by atoms with van der Waals surface area (Å²) >= 11 is 0.223. The molecule has 218 valence electrons. The average Bonchev–Trinajstić information content (AvgIpc) is 3.67. The molecule has 6 heteroatoms. The van der Waals surface area contributed by atoms with Crippen LogP contribution in [0, 0.1) is 6.92 Å². The average molecular weight is 658 g/mol. The Kier molecular flexibility index (Phi) is 6.30. The van der Waals surface area contributed by atoms with Crippen LogP contribution in [0.1, 0.15) is 5.69 Å². The third kappa shape index (κ3) is 4.42. The summed E-state index contributed by atoms with van der Waals surface area (Å²) in [6, 6.07) is 48.3. The Labute approximate surface area is 271 Å². The zero-order chi connectivity index (χ0) is 30.6. The predicted octanol–water partition coefficient (Wildman–Crippen LogP) is 10.2. The van der Waals surface area contributed by atoms with E-state index in [0.717, 1.165) is 56.3 Å². The van der Waals surface area contributed by atoms with E-state index >= 15 is 0 Å². The second kappa shape index (κ2) is 10.8. The Morgan fingerprint density at radius 1 is 0.522 bits per heavy atom. The van der Waals surface area contributed by atoms with E-state index in [0.29, 0.717) is 5.71 Å². The number of fused-ring (bicyclic) bond motifs is 6. The Morgan fingerprint density at radius 3 is 1.98 bits per heavy atom. The van der Waals surface area contributed by atoms with Gasteiger partial charge in [0.25, 0.3) is 0 Å². The molecule has 0 aliphatic rings. The molecule has 0 spiro atoms. The van der Waals surface area contributed by atoms with Crippen LogP contribution in [0.3, 0.4) is 0 Å². The minimum absolute atomic E-state index is 0.223. The molecule has 46 heavy (non-hydrogen) atoms. The van der Waals surface area contributed by atoms with Crippen LogP contribution in [-0.2, 0) is 0 Å². The van der Waals surface area contributed by atoms with Crippen LogP contribution in [-0.4, -0.2) is 29.5 Å². The second-order valence-corrected chi connectivity index (χ2v) is 13.5. The Morgan fingerprint density at radius 2 is 1.17 bits per heavy atom. The molecular formula is C40H26N4OSe. The zero-order valence-corrected chi connectivity index (χ0v) is 26.6. The number of rotatable bonds is 5. The van der Waals surface area contributed by atoms with E-state index in [2.05, 4.69) is 107 Å². The molecule has 0 unspecified atom stereocenters. The van der Waals surface area contributed by atoms with Crippen LogP contribution in [0.5, 0.6) is 0 Å². The fourth-order valence-corrected chi connectivity index (χ4v) is 8.85. The molecule has 9 aromatic rings. The minimum atomic E-state index is 0.223. The fourth-order valence-electron chi connectivity index (χ4n) is 6.28. The van der Waals surface area contributed by atoms with Gasteiger partial charge < -0.3 is 0 Å². The van der Waals surface area contributed by atoms with Gasteiger partial charge in [-0.2, -0.15) is 0 Å². The number of aromatic nitrogens is 3. The van der Waals surface area contributed by atoms with E-state index in [-0.39, 0.29) is 14.5 Å². The van der Waals surface area contributed by atoms with E-state index in [1.165, 1.54) is 24.9 Å². The molecule has 0 atom stereocenters. The third-order valence-corrected chi connectivity index (χ3v) is 11.0. The number of pyridine rings is 3. The van der Waals surface area contributed by atoms with Gasteiger partial charge in [-0.25, -0.2) is 4.98 Å². The monoisotopic (exact) mass is 658 g/mol. The number of para-hydroxylation sites is 2. The molecule has 4 aromatic carbocycles. The normalized spacial score (nSPS) is 11.6. The third-order valence-electron chi connectivity index (χ3n) is 8.40. The summed E-state index contributed by atoms with van der Waals surface area (Å²) in [7, 11) is 0.